The Balaban J connectivity index is 0.989. The number of aryl methyl sites for hydroxylation is 1. The SMILES string of the molecule is Cc1cc(Nc2cccc(OCCN3CCN(Cc4ccc5ccccc5c4)CC3)c2)c2ccccc2n1. The fraction of sp³-hybridized carbons (Fsp3) is 0.242. The summed E-state index contributed by atoms with van der Waals surface area (Å²) in [5, 5.41) is 7.31. The van der Waals surface area contributed by atoms with E-state index >= 15 is 0 Å². The average molecular weight is 503 g/mol. The Kier molecular flexibility index (Phi) is 7.20. The number of ether oxygens (including phenoxy) is 1. The van der Waals surface area contributed by atoms with Gasteiger partial charge in [0, 0.05) is 67.8 Å². The largest absolute Gasteiger partial charge is 0.492 e. The van der Waals surface area contributed by atoms with Gasteiger partial charge in [-0.1, -0.05) is 60.7 Å². The van der Waals surface area contributed by atoms with E-state index in [4.69, 9.17) is 4.74 Å². The highest BCUT2D eigenvalue weighted by Gasteiger charge is 2.17. The van der Waals surface area contributed by atoms with Gasteiger partial charge in [0.25, 0.3) is 0 Å². The molecule has 0 amide bonds. The van der Waals surface area contributed by atoms with E-state index in [1.807, 2.05) is 31.2 Å². The Bertz CT molecular complexity index is 1540. The van der Waals surface area contributed by atoms with Crippen molar-refractivity contribution in [1.82, 2.24) is 14.8 Å². The van der Waals surface area contributed by atoms with Gasteiger partial charge in [-0.2, -0.15) is 0 Å². The fourth-order valence-electron chi connectivity index (χ4n) is 5.29. The molecule has 0 unspecified atom stereocenters. The molecule has 0 saturated carbocycles. The summed E-state index contributed by atoms with van der Waals surface area (Å²) in [5.41, 5.74) is 5.46. The standard InChI is InChI=1S/C33H34N4O/c1-25-21-33(31-11-4-5-12-32(31)34-25)35-29-9-6-10-30(23-29)38-20-19-36-15-17-37(18-16-36)24-26-13-14-27-7-2-3-8-28(27)22-26/h2-14,21-23H,15-20,24H2,1H3,(H,34,35). The van der Waals surface area contributed by atoms with Gasteiger partial charge in [0.1, 0.15) is 12.4 Å². The Hall–Kier alpha value is -3.93. The van der Waals surface area contributed by atoms with E-state index in [0.29, 0.717) is 6.61 Å². The van der Waals surface area contributed by atoms with E-state index in [-0.39, 0.29) is 0 Å². The number of hydrogen-bond donors (Lipinski definition) is 1. The lowest BCUT2D eigenvalue weighted by molar-refractivity contribution is 0.112. The lowest BCUT2D eigenvalue weighted by Crippen LogP contribution is -2.47. The lowest BCUT2D eigenvalue weighted by Gasteiger charge is -2.34. The second kappa shape index (κ2) is 11.2. The Morgan fingerprint density at radius 3 is 2.45 bits per heavy atom. The first-order valence-electron chi connectivity index (χ1n) is 13.5. The summed E-state index contributed by atoms with van der Waals surface area (Å²) in [6.45, 7) is 9.00. The number of para-hydroxylation sites is 1. The minimum atomic E-state index is 0.686. The molecule has 1 fully saturated rings. The molecule has 1 saturated heterocycles. The van der Waals surface area contributed by atoms with Crippen molar-refractivity contribution >= 4 is 33.1 Å². The van der Waals surface area contributed by atoms with Crippen LogP contribution in [0.1, 0.15) is 11.3 Å². The molecule has 1 aromatic heterocycles. The number of fused-ring (bicyclic) bond motifs is 2. The van der Waals surface area contributed by atoms with Crippen LogP contribution in [0.5, 0.6) is 5.75 Å². The molecule has 1 aliphatic rings. The molecule has 4 aromatic carbocycles. The number of nitrogens with zero attached hydrogens (tertiary/aromatic N) is 3. The number of benzene rings is 4. The predicted octanol–water partition coefficient (Wildman–Crippen LogP) is 6.64. The molecule has 0 spiro atoms. The Morgan fingerprint density at radius 2 is 1.55 bits per heavy atom. The summed E-state index contributed by atoms with van der Waals surface area (Å²) >= 11 is 0. The van der Waals surface area contributed by atoms with Crippen molar-refractivity contribution < 1.29 is 4.74 Å². The number of piperazine rings is 1. The lowest BCUT2D eigenvalue weighted by atomic mass is 10.1. The van der Waals surface area contributed by atoms with Crippen LogP contribution in [0.25, 0.3) is 21.7 Å². The molecule has 2 heterocycles. The second-order valence-corrected chi connectivity index (χ2v) is 10.1. The summed E-state index contributed by atoms with van der Waals surface area (Å²) in [7, 11) is 0. The van der Waals surface area contributed by atoms with Gasteiger partial charge in [0.15, 0.2) is 0 Å². The molecule has 0 aliphatic carbocycles. The van der Waals surface area contributed by atoms with Crippen molar-refractivity contribution in [2.75, 3.05) is 44.6 Å². The van der Waals surface area contributed by atoms with Crippen LogP contribution in [-0.4, -0.2) is 54.1 Å². The topological polar surface area (TPSA) is 40.6 Å². The van der Waals surface area contributed by atoms with Gasteiger partial charge < -0.3 is 10.1 Å². The summed E-state index contributed by atoms with van der Waals surface area (Å²) in [6, 6.07) is 34.0. The molecule has 5 heteroatoms. The van der Waals surface area contributed by atoms with Gasteiger partial charge >= 0.3 is 0 Å². The average Bonchev–Trinajstić information content (AvgIpc) is 2.94. The molecule has 5 nitrogen and oxygen atoms in total. The molecule has 192 valence electrons. The molecule has 1 N–H and O–H groups in total. The van der Waals surface area contributed by atoms with Gasteiger partial charge in [0.05, 0.1) is 5.52 Å². The molecular formula is C33H34N4O. The number of anilines is 2. The van der Waals surface area contributed by atoms with E-state index < -0.39 is 0 Å². The highest BCUT2D eigenvalue weighted by atomic mass is 16.5. The monoisotopic (exact) mass is 502 g/mol. The molecule has 1 aliphatic heterocycles. The van der Waals surface area contributed by atoms with Crippen LogP contribution < -0.4 is 10.1 Å². The highest BCUT2D eigenvalue weighted by molar-refractivity contribution is 5.93. The summed E-state index contributed by atoms with van der Waals surface area (Å²) in [6.07, 6.45) is 0. The van der Waals surface area contributed by atoms with Crippen LogP contribution in [0.4, 0.5) is 11.4 Å². The van der Waals surface area contributed by atoms with Crippen LogP contribution in [-0.2, 0) is 6.54 Å². The van der Waals surface area contributed by atoms with Crippen LogP contribution in [0.15, 0.2) is 97.1 Å². The number of nitrogens with one attached hydrogen (secondary N) is 1. The zero-order valence-electron chi connectivity index (χ0n) is 21.9. The molecule has 38 heavy (non-hydrogen) atoms. The van der Waals surface area contributed by atoms with Gasteiger partial charge in [-0.15, -0.1) is 0 Å². The normalized spacial score (nSPS) is 14.7. The van der Waals surface area contributed by atoms with Crippen molar-refractivity contribution in [2.24, 2.45) is 0 Å². The number of hydrogen-bond acceptors (Lipinski definition) is 5. The van der Waals surface area contributed by atoms with Crippen molar-refractivity contribution in [3.63, 3.8) is 0 Å². The van der Waals surface area contributed by atoms with E-state index in [1.54, 1.807) is 0 Å². The van der Waals surface area contributed by atoms with Gasteiger partial charge in [-0.05, 0) is 53.6 Å². The maximum absolute atomic E-state index is 6.15. The van der Waals surface area contributed by atoms with Crippen molar-refractivity contribution in [1.29, 1.82) is 0 Å². The minimum absolute atomic E-state index is 0.686. The highest BCUT2D eigenvalue weighted by Crippen LogP contribution is 2.28. The van der Waals surface area contributed by atoms with Crippen LogP contribution in [0, 0.1) is 6.92 Å². The van der Waals surface area contributed by atoms with Crippen LogP contribution >= 0.6 is 0 Å². The van der Waals surface area contributed by atoms with E-state index in [2.05, 4.69) is 92.9 Å². The van der Waals surface area contributed by atoms with Crippen LogP contribution in [0.3, 0.4) is 0 Å². The molecule has 0 radical (unpaired) electrons. The minimum Gasteiger partial charge on any atom is -0.492 e. The van der Waals surface area contributed by atoms with Gasteiger partial charge in [-0.3, -0.25) is 14.8 Å². The van der Waals surface area contributed by atoms with Crippen LogP contribution in [0.2, 0.25) is 0 Å². The van der Waals surface area contributed by atoms with Crippen molar-refractivity contribution in [2.45, 2.75) is 13.5 Å². The first-order valence-corrected chi connectivity index (χ1v) is 13.5. The Labute approximate surface area is 224 Å². The predicted molar refractivity (Wildman–Crippen MR) is 157 cm³/mol. The first-order chi connectivity index (χ1) is 18.7. The molecule has 0 bridgehead atoms. The number of pyridine rings is 1. The molecule has 5 aromatic rings. The summed E-state index contributed by atoms with van der Waals surface area (Å²) in [4.78, 5) is 9.71. The maximum atomic E-state index is 6.15. The third-order valence-electron chi connectivity index (χ3n) is 7.32. The van der Waals surface area contributed by atoms with Crippen molar-refractivity contribution in [3.05, 3.63) is 108 Å². The van der Waals surface area contributed by atoms with E-state index in [1.165, 1.54) is 16.3 Å². The van der Waals surface area contributed by atoms with E-state index in [9.17, 15) is 0 Å². The smallest absolute Gasteiger partial charge is 0.121 e. The fourth-order valence-corrected chi connectivity index (χ4v) is 5.29. The zero-order valence-corrected chi connectivity index (χ0v) is 21.9. The Morgan fingerprint density at radius 1 is 0.763 bits per heavy atom. The van der Waals surface area contributed by atoms with E-state index in [0.717, 1.165) is 73.0 Å². The maximum Gasteiger partial charge on any atom is 0.121 e. The second-order valence-electron chi connectivity index (χ2n) is 10.1. The number of rotatable bonds is 8. The number of aromatic nitrogens is 1. The third-order valence-corrected chi connectivity index (χ3v) is 7.32. The molecular weight excluding hydrogens is 468 g/mol. The zero-order chi connectivity index (χ0) is 25.7. The first kappa shape index (κ1) is 24.4. The summed E-state index contributed by atoms with van der Waals surface area (Å²) < 4.78 is 6.15. The molecule has 6 rings (SSSR count). The van der Waals surface area contributed by atoms with Gasteiger partial charge in [0.2, 0.25) is 0 Å². The molecule has 0 atom stereocenters. The quantitative estimate of drug-likeness (QED) is 0.258. The summed E-state index contributed by atoms with van der Waals surface area (Å²) in [5.74, 6) is 0.889. The van der Waals surface area contributed by atoms with Crippen molar-refractivity contribution in [3.8, 4) is 5.75 Å². The third kappa shape index (κ3) is 5.80. The van der Waals surface area contributed by atoms with Gasteiger partial charge in [-0.25, -0.2) is 0 Å².